The van der Waals surface area contributed by atoms with Crippen molar-refractivity contribution in [2.24, 2.45) is 5.16 Å². The monoisotopic (exact) mass is 513 g/mol. The van der Waals surface area contributed by atoms with Gasteiger partial charge >= 0.3 is 5.97 Å². The maximum atomic E-state index is 12.9. The summed E-state index contributed by atoms with van der Waals surface area (Å²) in [5.74, 6) is -2.18. The molecular weight excluding hydrogens is 488 g/mol. The van der Waals surface area contributed by atoms with Crippen LogP contribution >= 0.6 is 23.1 Å². The SMILES string of the molecule is CO/N=C(\C(=O)N[C@@H]1C(=O)N2C(C(=O)O)=C(C[N+]3(C)C[C@@H](O)[C@@H](O)C3)CS[C@H]12)c1csc(N)n1. The van der Waals surface area contributed by atoms with Crippen molar-refractivity contribution in [3.63, 3.8) is 0 Å². The Hall–Kier alpha value is -2.72. The second-order valence-electron chi connectivity index (χ2n) is 8.59. The fraction of sp³-hybridized carbons (Fsp3) is 0.526. The first-order valence-corrected chi connectivity index (χ1v) is 12.2. The fourth-order valence-electron chi connectivity index (χ4n) is 4.52. The number of nitrogens with two attached hydrogens (primary N) is 1. The van der Waals surface area contributed by atoms with E-state index in [1.807, 2.05) is 7.05 Å². The number of aliphatic carboxylic acids is 1. The largest absolute Gasteiger partial charge is 0.477 e. The van der Waals surface area contributed by atoms with E-state index in [-0.39, 0.29) is 46.4 Å². The molecule has 1 aromatic heterocycles. The van der Waals surface area contributed by atoms with E-state index in [9.17, 15) is 29.7 Å². The minimum Gasteiger partial charge on any atom is -0.477 e. The molecule has 4 heterocycles. The average molecular weight is 514 g/mol. The number of thioether (sulfide) groups is 1. The van der Waals surface area contributed by atoms with Crippen LogP contribution < -0.4 is 11.1 Å². The lowest BCUT2D eigenvalue weighted by Crippen LogP contribution is -2.71. The smallest absolute Gasteiger partial charge is 0.352 e. The first kappa shape index (κ1) is 24.4. The summed E-state index contributed by atoms with van der Waals surface area (Å²) in [4.78, 5) is 47.8. The third-order valence-electron chi connectivity index (χ3n) is 5.97. The number of likely N-dealkylation sites (tertiary alicyclic amines) is 1. The molecule has 0 aromatic carbocycles. The zero-order valence-corrected chi connectivity index (χ0v) is 20.0. The highest BCUT2D eigenvalue weighted by molar-refractivity contribution is 8.00. The van der Waals surface area contributed by atoms with Gasteiger partial charge in [0.15, 0.2) is 10.8 Å². The summed E-state index contributed by atoms with van der Waals surface area (Å²) in [6.45, 7) is 0.828. The van der Waals surface area contributed by atoms with Gasteiger partial charge in [0, 0.05) is 16.7 Å². The number of thiazole rings is 1. The lowest BCUT2D eigenvalue weighted by atomic mass is 10.0. The number of carboxylic acids is 1. The standard InChI is InChI=1S/C19H24N6O7S2/c1-25(4-10(26)11(27)5-25)3-8-6-33-17-13(16(29)24(17)14(8)18(30)31)22-15(28)12(23-32-2)9-7-34-19(20)21-9/h7,10-11,13,17,26-27H,3-6H2,1-2H3,(H3-,20,21,22,28,30,31)/p+1/b23-12-/t10-,11+,13-,17-,25?/m1/s1. The van der Waals surface area contributed by atoms with Crippen LogP contribution in [0.1, 0.15) is 5.69 Å². The maximum Gasteiger partial charge on any atom is 0.352 e. The molecular formula is C19H25N6O7S2+. The van der Waals surface area contributed by atoms with Crippen molar-refractivity contribution in [2.75, 3.05) is 45.3 Å². The van der Waals surface area contributed by atoms with Crippen LogP contribution in [0.2, 0.25) is 0 Å². The van der Waals surface area contributed by atoms with Crippen molar-refractivity contribution in [3.8, 4) is 0 Å². The van der Waals surface area contributed by atoms with E-state index in [4.69, 9.17) is 10.6 Å². The van der Waals surface area contributed by atoms with Crippen LogP contribution in [0.3, 0.4) is 0 Å². The van der Waals surface area contributed by atoms with E-state index in [2.05, 4.69) is 15.5 Å². The number of aliphatic hydroxyl groups is 2. The van der Waals surface area contributed by atoms with Crippen LogP contribution in [0.4, 0.5) is 5.13 Å². The Bertz CT molecular complexity index is 1080. The van der Waals surface area contributed by atoms with Crippen LogP contribution in [0, 0.1) is 0 Å². The maximum absolute atomic E-state index is 12.9. The Morgan fingerprint density at radius 2 is 2.06 bits per heavy atom. The molecule has 2 fully saturated rings. The number of rotatable bonds is 7. The lowest BCUT2D eigenvalue weighted by molar-refractivity contribution is -0.895. The predicted octanol–water partition coefficient (Wildman–Crippen LogP) is -2.00. The van der Waals surface area contributed by atoms with Crippen molar-refractivity contribution in [2.45, 2.75) is 23.6 Å². The molecule has 34 heavy (non-hydrogen) atoms. The normalized spacial score (nSPS) is 31.2. The molecule has 1 aromatic rings. The Morgan fingerprint density at radius 3 is 2.62 bits per heavy atom. The van der Waals surface area contributed by atoms with E-state index in [0.29, 0.717) is 11.3 Å². The van der Waals surface area contributed by atoms with E-state index in [1.165, 1.54) is 29.2 Å². The highest BCUT2D eigenvalue weighted by atomic mass is 32.2. The number of nitrogens with zero attached hydrogens (tertiary/aromatic N) is 4. The first-order valence-electron chi connectivity index (χ1n) is 10.3. The molecule has 0 spiro atoms. The summed E-state index contributed by atoms with van der Waals surface area (Å²) in [5.41, 5.74) is 6.09. The number of hydrogen-bond donors (Lipinski definition) is 5. The number of β-lactam (4-membered cyclic amide) rings is 1. The zero-order chi connectivity index (χ0) is 24.8. The van der Waals surface area contributed by atoms with E-state index in [1.54, 1.807) is 0 Å². The van der Waals surface area contributed by atoms with Gasteiger partial charge in [-0.3, -0.25) is 14.5 Å². The number of quaternary nitrogens is 1. The molecule has 0 radical (unpaired) electrons. The molecule has 15 heteroatoms. The van der Waals surface area contributed by atoms with Gasteiger partial charge in [0.05, 0.1) is 7.05 Å². The molecule has 6 N–H and O–H groups in total. The van der Waals surface area contributed by atoms with Gasteiger partial charge in [-0.25, -0.2) is 9.78 Å². The van der Waals surface area contributed by atoms with Gasteiger partial charge in [0.1, 0.15) is 61.8 Å². The van der Waals surface area contributed by atoms with E-state index in [0.717, 1.165) is 11.3 Å². The predicted molar refractivity (Wildman–Crippen MR) is 123 cm³/mol. The van der Waals surface area contributed by atoms with E-state index >= 15 is 0 Å². The molecule has 0 aliphatic carbocycles. The van der Waals surface area contributed by atoms with Gasteiger partial charge in [0.2, 0.25) is 0 Å². The number of nitrogen functional groups attached to an aromatic ring is 1. The lowest BCUT2D eigenvalue weighted by Gasteiger charge is -2.49. The Labute approximate surface area is 202 Å². The summed E-state index contributed by atoms with van der Waals surface area (Å²) in [6, 6.07) is -0.952. The topological polar surface area (TPSA) is 188 Å². The van der Waals surface area contributed by atoms with Crippen molar-refractivity contribution in [1.29, 1.82) is 0 Å². The highest BCUT2D eigenvalue weighted by Crippen LogP contribution is 2.41. The number of oxime groups is 1. The van der Waals surface area contributed by atoms with Crippen molar-refractivity contribution in [1.82, 2.24) is 15.2 Å². The van der Waals surface area contributed by atoms with Crippen LogP contribution in [0.25, 0.3) is 0 Å². The molecule has 4 rings (SSSR count). The van der Waals surface area contributed by atoms with Gasteiger partial charge in [-0.15, -0.1) is 23.1 Å². The van der Waals surface area contributed by atoms with Gasteiger partial charge in [-0.05, 0) is 0 Å². The first-order chi connectivity index (χ1) is 16.0. The molecule has 3 aliphatic heterocycles. The number of anilines is 1. The highest BCUT2D eigenvalue weighted by Gasteiger charge is 2.55. The summed E-state index contributed by atoms with van der Waals surface area (Å²) >= 11 is 2.45. The van der Waals surface area contributed by atoms with Gasteiger partial charge in [-0.1, -0.05) is 5.16 Å². The number of aromatic nitrogens is 1. The second kappa shape index (κ2) is 9.14. The number of carbonyl (C=O) groups excluding carboxylic acids is 2. The van der Waals surface area contributed by atoms with Crippen LogP contribution in [0.15, 0.2) is 21.8 Å². The average Bonchev–Trinajstić information content (AvgIpc) is 3.30. The van der Waals surface area contributed by atoms with Crippen molar-refractivity contribution < 1.29 is 39.0 Å². The third kappa shape index (κ3) is 4.36. The van der Waals surface area contributed by atoms with Crippen LogP contribution in [-0.2, 0) is 19.2 Å². The van der Waals surface area contributed by atoms with Gasteiger partial charge < -0.3 is 35.7 Å². The minimum atomic E-state index is -1.25. The van der Waals surface area contributed by atoms with Crippen LogP contribution in [0.5, 0.6) is 0 Å². The molecule has 184 valence electrons. The number of amides is 2. The summed E-state index contributed by atoms with van der Waals surface area (Å²) < 4.78 is 0.259. The molecule has 3 aliphatic rings. The molecule has 5 atom stereocenters. The Balaban J connectivity index is 1.52. The number of fused-ring (bicyclic) bond motifs is 1. The van der Waals surface area contributed by atoms with Crippen molar-refractivity contribution in [3.05, 3.63) is 22.3 Å². The minimum absolute atomic E-state index is 0.118. The van der Waals surface area contributed by atoms with Gasteiger partial charge in [-0.2, -0.15) is 0 Å². The molecule has 2 amide bonds. The second-order valence-corrected chi connectivity index (χ2v) is 10.6. The summed E-state index contributed by atoms with van der Waals surface area (Å²) in [7, 11) is 3.09. The Kier molecular flexibility index (Phi) is 6.56. The molecule has 2 saturated heterocycles. The molecule has 0 bridgehead atoms. The molecule has 13 nitrogen and oxygen atoms in total. The van der Waals surface area contributed by atoms with Crippen molar-refractivity contribution >= 4 is 51.7 Å². The fourth-order valence-corrected chi connectivity index (χ4v) is 6.40. The third-order valence-corrected chi connectivity index (χ3v) is 7.98. The molecule has 1 unspecified atom stereocenters. The van der Waals surface area contributed by atoms with Crippen LogP contribution in [-0.4, -0.2) is 116 Å². The number of carbonyl (C=O) groups is 3. The number of nitrogens with one attached hydrogen (secondary N) is 1. The number of likely N-dealkylation sites (N-methyl/N-ethyl adjacent to an activating group) is 1. The summed E-state index contributed by atoms with van der Waals surface area (Å²) in [5, 5.41) is 37.2. The zero-order valence-electron chi connectivity index (χ0n) is 18.4. The quantitative estimate of drug-likeness (QED) is 0.118. The Morgan fingerprint density at radius 1 is 1.38 bits per heavy atom. The number of aliphatic hydroxyl groups excluding tert-OH is 2. The number of hydrogen-bond acceptors (Lipinski definition) is 11. The summed E-state index contributed by atoms with van der Waals surface area (Å²) in [6.07, 6.45) is -1.77. The number of carboxylic acid groups (broad SMARTS) is 1. The molecule has 0 saturated carbocycles. The van der Waals surface area contributed by atoms with E-state index < -0.39 is 41.4 Å². The van der Waals surface area contributed by atoms with Gasteiger partial charge in [0.25, 0.3) is 11.8 Å².